The van der Waals surface area contributed by atoms with Gasteiger partial charge in [-0.15, -0.1) is 0 Å². The monoisotopic (exact) mass is 1250 g/mol. The molecule has 0 N–H and O–H groups in total. The Balaban J connectivity index is 1.08. The number of unbranched alkanes of at least 4 members (excludes halogenated alkanes) is 36. The van der Waals surface area contributed by atoms with E-state index in [0.717, 1.165) is 73.6 Å². The van der Waals surface area contributed by atoms with Crippen molar-refractivity contribution in [2.75, 3.05) is 26.4 Å². The summed E-state index contributed by atoms with van der Waals surface area (Å²) in [7, 11) is 0. The first-order valence-corrected chi connectivity index (χ1v) is 37.0. The summed E-state index contributed by atoms with van der Waals surface area (Å²) in [6, 6.07) is 33.0. The second kappa shape index (κ2) is 50.9. The summed E-state index contributed by atoms with van der Waals surface area (Å²) in [5, 5.41) is 0. The molecule has 92 heavy (non-hydrogen) atoms. The van der Waals surface area contributed by atoms with Crippen LogP contribution in [0.25, 0.3) is 0 Å². The molecule has 0 aliphatic carbocycles. The molecule has 5 rings (SSSR count). The summed E-state index contributed by atoms with van der Waals surface area (Å²) >= 11 is 0. The molecule has 8 nitrogen and oxygen atoms in total. The minimum absolute atomic E-state index is 0.412. The molecule has 8 heteroatoms. The van der Waals surface area contributed by atoms with E-state index in [1.165, 1.54) is 205 Å². The molecule has 0 heterocycles. The van der Waals surface area contributed by atoms with Gasteiger partial charge in [0.25, 0.3) is 0 Å². The van der Waals surface area contributed by atoms with Crippen molar-refractivity contribution < 1.29 is 38.0 Å². The van der Waals surface area contributed by atoms with Crippen LogP contribution in [-0.4, -0.2) is 38.4 Å². The fourth-order valence-electron chi connectivity index (χ4n) is 11.3. The maximum atomic E-state index is 13.5. The van der Waals surface area contributed by atoms with Gasteiger partial charge in [0, 0.05) is 22.3 Å². The van der Waals surface area contributed by atoms with Crippen molar-refractivity contribution in [2.45, 2.75) is 285 Å². The zero-order valence-corrected chi connectivity index (χ0v) is 57.8. The highest BCUT2D eigenvalue weighted by Crippen LogP contribution is 2.32. The zero-order valence-electron chi connectivity index (χ0n) is 57.8. The Bertz CT molecular complexity index is 2640. The van der Waals surface area contributed by atoms with Crippen LogP contribution in [0.2, 0.25) is 0 Å². The smallest absolute Gasteiger partial charge is 0.343 e. The minimum atomic E-state index is -0.457. The molecule has 0 atom stereocenters. The molecule has 0 saturated heterocycles. The van der Waals surface area contributed by atoms with Crippen LogP contribution in [0.5, 0.6) is 34.5 Å². The van der Waals surface area contributed by atoms with Gasteiger partial charge in [0.2, 0.25) is 0 Å². The number of carbonyl (C=O) groups is 2. The molecule has 5 aromatic rings. The van der Waals surface area contributed by atoms with Crippen molar-refractivity contribution in [3.05, 3.63) is 143 Å². The second-order valence-electron chi connectivity index (χ2n) is 25.3. The Labute approximate surface area is 558 Å². The zero-order chi connectivity index (χ0) is 65.0. The Kier molecular flexibility index (Phi) is 42.1. The van der Waals surface area contributed by atoms with E-state index in [4.69, 9.17) is 28.4 Å². The van der Waals surface area contributed by atoms with E-state index >= 15 is 0 Å². The Morgan fingerprint density at radius 3 is 0.696 bits per heavy atom. The SMILES string of the molecule is CCCCCCCCCCCCOc1ccc(C(=O)Oc2ccc(C#Cc3ccc(C#Cc4ccc(OC(=O)c5ccc(OCCCCCCCCCCCC)c(OCCCCCCCCCCCC)c5)cc4)cc3)cc2)cc1OCCCCCCCCCCCC. The van der Waals surface area contributed by atoms with Gasteiger partial charge in [0.15, 0.2) is 23.0 Å². The summed E-state index contributed by atoms with van der Waals surface area (Å²) in [6.45, 7) is 11.5. The molecule has 5 aromatic carbocycles. The third-order valence-corrected chi connectivity index (χ3v) is 17.1. The van der Waals surface area contributed by atoms with Crippen LogP contribution in [0.15, 0.2) is 109 Å². The molecule has 0 aromatic heterocycles. The number of esters is 2. The average molecular weight is 1260 g/mol. The topological polar surface area (TPSA) is 89.5 Å². The molecule has 0 radical (unpaired) electrons. The summed E-state index contributed by atoms with van der Waals surface area (Å²) in [6.07, 6.45) is 50.5. The van der Waals surface area contributed by atoms with Crippen LogP contribution in [0, 0.1) is 23.7 Å². The predicted octanol–water partition coefficient (Wildman–Crippen LogP) is 24.1. The molecule has 0 aliphatic heterocycles. The van der Waals surface area contributed by atoms with E-state index < -0.39 is 11.9 Å². The van der Waals surface area contributed by atoms with Gasteiger partial charge in [-0.3, -0.25) is 0 Å². The van der Waals surface area contributed by atoms with Gasteiger partial charge in [-0.2, -0.15) is 0 Å². The number of hydrogen-bond acceptors (Lipinski definition) is 8. The molecule has 0 bridgehead atoms. The maximum absolute atomic E-state index is 13.5. The van der Waals surface area contributed by atoms with Crippen LogP contribution in [0.4, 0.5) is 0 Å². The van der Waals surface area contributed by atoms with E-state index in [2.05, 4.69) is 51.4 Å². The maximum Gasteiger partial charge on any atom is 0.343 e. The standard InChI is InChI=1S/C84H118O8/c1-5-9-13-17-21-25-29-33-37-41-65-87-79-63-57-75(69-81(79)89-67-43-39-35-31-27-23-19-15-11-7-3)83(85)91-77-59-53-73(54-60-77)51-49-71-45-47-72(48-46-71)50-52-74-55-61-78(62-56-74)92-84(86)76-58-64-80(88-66-42-38-34-30-26-22-18-14-10-6-2)82(70-76)90-68-44-40-36-32-28-24-20-16-12-8-4/h45-48,53-64,69-70H,5-44,65-68H2,1-4H3. The fourth-order valence-corrected chi connectivity index (χ4v) is 11.3. The van der Waals surface area contributed by atoms with Gasteiger partial charge in [0.1, 0.15) is 11.5 Å². The lowest BCUT2D eigenvalue weighted by atomic mass is 10.1. The molecular weight excluding hydrogens is 1140 g/mol. The van der Waals surface area contributed by atoms with Gasteiger partial charge < -0.3 is 28.4 Å². The molecule has 0 fully saturated rings. The van der Waals surface area contributed by atoms with Gasteiger partial charge in [-0.25, -0.2) is 9.59 Å². The molecule has 0 unspecified atom stereocenters. The number of rotatable bonds is 52. The lowest BCUT2D eigenvalue weighted by Crippen LogP contribution is -2.10. The highest BCUT2D eigenvalue weighted by Gasteiger charge is 2.17. The first-order valence-electron chi connectivity index (χ1n) is 37.0. The minimum Gasteiger partial charge on any atom is -0.490 e. The van der Waals surface area contributed by atoms with Crippen molar-refractivity contribution in [2.24, 2.45) is 0 Å². The van der Waals surface area contributed by atoms with Gasteiger partial charge in [-0.05, 0) is 135 Å². The molecule has 0 spiro atoms. The molecule has 0 amide bonds. The van der Waals surface area contributed by atoms with E-state index in [0.29, 0.717) is 72.1 Å². The molecule has 0 saturated carbocycles. The average Bonchev–Trinajstić information content (AvgIpc) is 1.20. The number of ether oxygens (including phenoxy) is 6. The van der Waals surface area contributed by atoms with Crippen molar-refractivity contribution >= 4 is 11.9 Å². The first kappa shape index (κ1) is 76.1. The highest BCUT2D eigenvalue weighted by molar-refractivity contribution is 5.92. The molecular formula is C84H118O8. The van der Waals surface area contributed by atoms with Crippen LogP contribution in [0.3, 0.4) is 0 Å². The number of hydrogen-bond donors (Lipinski definition) is 0. The Morgan fingerprint density at radius 2 is 0.457 bits per heavy atom. The molecule has 502 valence electrons. The lowest BCUT2D eigenvalue weighted by molar-refractivity contribution is 0.0724. The normalized spacial score (nSPS) is 10.9. The van der Waals surface area contributed by atoms with Crippen molar-refractivity contribution in [3.8, 4) is 58.2 Å². The Morgan fingerprint density at radius 1 is 0.250 bits per heavy atom. The van der Waals surface area contributed by atoms with E-state index in [1.54, 1.807) is 48.5 Å². The summed E-state index contributed by atoms with van der Waals surface area (Å²) in [4.78, 5) is 27.0. The van der Waals surface area contributed by atoms with E-state index in [1.807, 2.05) is 60.7 Å². The summed E-state index contributed by atoms with van der Waals surface area (Å²) in [5.41, 5.74) is 4.10. The van der Waals surface area contributed by atoms with Gasteiger partial charge >= 0.3 is 11.9 Å². The van der Waals surface area contributed by atoms with E-state index in [-0.39, 0.29) is 0 Å². The summed E-state index contributed by atoms with van der Waals surface area (Å²) < 4.78 is 36.8. The number of carbonyl (C=O) groups excluding carboxylic acids is 2. The van der Waals surface area contributed by atoms with Crippen LogP contribution >= 0.6 is 0 Å². The van der Waals surface area contributed by atoms with Crippen LogP contribution < -0.4 is 28.4 Å². The first-order chi connectivity index (χ1) is 45.4. The highest BCUT2D eigenvalue weighted by atomic mass is 16.5. The van der Waals surface area contributed by atoms with Gasteiger partial charge in [0.05, 0.1) is 37.6 Å². The predicted molar refractivity (Wildman–Crippen MR) is 383 cm³/mol. The number of benzene rings is 5. The summed E-state index contributed by atoms with van der Waals surface area (Å²) in [5.74, 6) is 15.4. The van der Waals surface area contributed by atoms with Crippen LogP contribution in [0.1, 0.15) is 327 Å². The fraction of sp³-hybridized carbons (Fsp3) is 0.571. The third kappa shape index (κ3) is 34.9. The van der Waals surface area contributed by atoms with Crippen LogP contribution in [-0.2, 0) is 0 Å². The molecule has 0 aliphatic rings. The third-order valence-electron chi connectivity index (χ3n) is 17.1. The van der Waals surface area contributed by atoms with E-state index in [9.17, 15) is 9.59 Å². The van der Waals surface area contributed by atoms with Crippen molar-refractivity contribution in [3.63, 3.8) is 0 Å². The van der Waals surface area contributed by atoms with Crippen molar-refractivity contribution in [1.29, 1.82) is 0 Å². The lowest BCUT2D eigenvalue weighted by Gasteiger charge is -2.14. The van der Waals surface area contributed by atoms with Gasteiger partial charge in [-0.1, -0.05) is 283 Å². The Hall–Kier alpha value is -6.64. The van der Waals surface area contributed by atoms with Crippen molar-refractivity contribution in [1.82, 2.24) is 0 Å². The quantitative estimate of drug-likeness (QED) is 0.0165. The second-order valence-corrected chi connectivity index (χ2v) is 25.3. The largest absolute Gasteiger partial charge is 0.490 e.